The van der Waals surface area contributed by atoms with Crippen LogP contribution in [0.5, 0.6) is 0 Å². The number of unbranched alkanes of at least 4 members (excludes halogenated alkanes) is 5. The topological polar surface area (TPSA) is 72.7 Å². The van der Waals surface area contributed by atoms with Gasteiger partial charge in [0.25, 0.3) is 0 Å². The molecular weight excluding hydrogens is 232 g/mol. The maximum Gasteiger partial charge on any atom is 0.360 e. The Morgan fingerprint density at radius 2 is 2.00 bits per heavy atom. The molecule has 0 saturated carbocycles. The number of amidine groups is 1. The van der Waals surface area contributed by atoms with Crippen LogP contribution in [-0.4, -0.2) is 41.2 Å². The number of carboxylic acids is 1. The van der Waals surface area contributed by atoms with Gasteiger partial charge in [0.2, 0.25) is 0 Å². The number of hydrogen-bond donors (Lipinski definition) is 1. The van der Waals surface area contributed by atoms with Crippen molar-refractivity contribution >= 4 is 11.8 Å². The summed E-state index contributed by atoms with van der Waals surface area (Å²) in [5, 5.41) is 21.0. The first-order valence-electron chi connectivity index (χ1n) is 6.92. The Kier molecular flexibility index (Phi) is 6.29. The fourth-order valence-electron chi connectivity index (χ4n) is 2.33. The number of carboxylic acid groups (broad SMARTS) is 1. The van der Waals surface area contributed by atoms with Crippen molar-refractivity contribution in [2.45, 2.75) is 51.9 Å². The van der Waals surface area contributed by atoms with Crippen molar-refractivity contribution in [1.82, 2.24) is 0 Å². The van der Waals surface area contributed by atoms with Gasteiger partial charge in [-0.25, -0.2) is 9.79 Å². The number of quaternary nitrogens is 1. The number of carbonyl (C=O) groups is 1. The van der Waals surface area contributed by atoms with Gasteiger partial charge in [0, 0.05) is 6.42 Å². The van der Waals surface area contributed by atoms with E-state index < -0.39 is 10.6 Å². The van der Waals surface area contributed by atoms with Gasteiger partial charge in [-0.05, 0) is 6.42 Å². The third kappa shape index (κ3) is 4.74. The second kappa shape index (κ2) is 7.48. The van der Waals surface area contributed by atoms with Gasteiger partial charge < -0.3 is 15.0 Å². The Morgan fingerprint density at radius 1 is 1.33 bits per heavy atom. The summed E-state index contributed by atoms with van der Waals surface area (Å²) in [5.74, 6) is -0.504. The monoisotopic (exact) mass is 256 g/mol. The van der Waals surface area contributed by atoms with Gasteiger partial charge in [0.1, 0.15) is 6.54 Å². The molecule has 0 amide bonds. The quantitative estimate of drug-likeness (QED) is 0.391. The number of hydrogen-bond acceptors (Lipinski definition) is 3. The molecule has 0 radical (unpaired) electrons. The van der Waals surface area contributed by atoms with E-state index in [1.54, 1.807) is 0 Å². The first kappa shape index (κ1) is 15.1. The highest BCUT2D eigenvalue weighted by Crippen LogP contribution is 2.18. The molecule has 18 heavy (non-hydrogen) atoms. The van der Waals surface area contributed by atoms with E-state index >= 15 is 0 Å². The van der Waals surface area contributed by atoms with Crippen LogP contribution in [-0.2, 0) is 4.79 Å². The lowest BCUT2D eigenvalue weighted by Gasteiger charge is -2.37. The van der Waals surface area contributed by atoms with Crippen LogP contribution in [0.1, 0.15) is 51.9 Å². The Labute approximate surface area is 109 Å². The van der Waals surface area contributed by atoms with Crippen LogP contribution < -0.4 is 0 Å². The van der Waals surface area contributed by atoms with Crippen molar-refractivity contribution in [2.24, 2.45) is 4.99 Å². The molecule has 104 valence electrons. The molecule has 0 spiro atoms. The summed E-state index contributed by atoms with van der Waals surface area (Å²) in [6.07, 6.45) is 7.64. The minimum absolute atomic E-state index is 0.289. The molecule has 5 heteroatoms. The average Bonchev–Trinajstić information content (AvgIpc) is 2.63. The van der Waals surface area contributed by atoms with Gasteiger partial charge in [0.15, 0.2) is 12.4 Å². The lowest BCUT2D eigenvalue weighted by Crippen LogP contribution is -2.48. The van der Waals surface area contributed by atoms with Crippen LogP contribution >= 0.6 is 0 Å². The molecule has 0 fully saturated rings. The SMILES string of the molecule is CCCCCCCCC1=NCC[N+]1([O-])CC(=O)O. The third-order valence-electron chi connectivity index (χ3n) is 3.37. The van der Waals surface area contributed by atoms with Gasteiger partial charge >= 0.3 is 5.97 Å². The molecule has 0 aliphatic carbocycles. The van der Waals surface area contributed by atoms with Gasteiger partial charge in [0.05, 0.1) is 6.54 Å². The molecule has 0 aromatic carbocycles. The smallest absolute Gasteiger partial charge is 0.360 e. The Morgan fingerprint density at radius 3 is 2.67 bits per heavy atom. The van der Waals surface area contributed by atoms with Gasteiger partial charge in [-0.1, -0.05) is 39.0 Å². The lowest BCUT2D eigenvalue weighted by atomic mass is 10.1. The molecule has 0 saturated heterocycles. The molecule has 1 unspecified atom stereocenters. The highest BCUT2D eigenvalue weighted by Gasteiger charge is 2.31. The second-order valence-corrected chi connectivity index (χ2v) is 4.98. The van der Waals surface area contributed by atoms with E-state index in [0.29, 0.717) is 18.8 Å². The normalized spacial score (nSPS) is 23.1. The summed E-state index contributed by atoms with van der Waals surface area (Å²) in [6, 6.07) is 0. The van der Waals surface area contributed by atoms with E-state index in [2.05, 4.69) is 11.9 Å². The van der Waals surface area contributed by atoms with Crippen LogP contribution in [0.15, 0.2) is 4.99 Å². The standard InChI is InChI=1S/C13H24N2O3/c1-2-3-4-5-6-7-8-12-14-9-10-15(12,18)11-13(16)17/h2-11H2,1H3,(H,16,17). The Bertz CT molecular complexity index is 305. The molecule has 0 aromatic rings. The van der Waals surface area contributed by atoms with Gasteiger partial charge in [-0.3, -0.25) is 0 Å². The molecule has 1 rings (SSSR count). The predicted molar refractivity (Wildman–Crippen MR) is 71.3 cm³/mol. The maximum absolute atomic E-state index is 12.2. The number of aliphatic imine (C=N–C) groups is 1. The molecule has 1 heterocycles. The zero-order valence-electron chi connectivity index (χ0n) is 11.2. The number of rotatable bonds is 9. The molecule has 1 N–H and O–H groups in total. The Balaban J connectivity index is 2.26. The summed E-state index contributed by atoms with van der Waals surface area (Å²) < 4.78 is -0.732. The van der Waals surface area contributed by atoms with Crippen molar-refractivity contribution in [3.05, 3.63) is 5.21 Å². The Hall–Kier alpha value is -0.940. The summed E-state index contributed by atoms with van der Waals surface area (Å²) in [7, 11) is 0. The summed E-state index contributed by atoms with van der Waals surface area (Å²) in [6.45, 7) is 2.57. The molecule has 1 aliphatic rings. The van der Waals surface area contributed by atoms with Crippen LogP contribution in [0, 0.1) is 5.21 Å². The van der Waals surface area contributed by atoms with Crippen LogP contribution in [0.2, 0.25) is 0 Å². The molecule has 1 atom stereocenters. The van der Waals surface area contributed by atoms with E-state index in [0.717, 1.165) is 12.8 Å². The minimum Gasteiger partial charge on any atom is -0.626 e. The molecule has 0 aromatic heterocycles. The number of nitrogens with zero attached hydrogens (tertiary/aromatic N) is 2. The third-order valence-corrected chi connectivity index (χ3v) is 3.37. The van der Waals surface area contributed by atoms with Crippen molar-refractivity contribution < 1.29 is 14.5 Å². The fourth-order valence-corrected chi connectivity index (χ4v) is 2.33. The number of hydroxylamine groups is 3. The summed E-state index contributed by atoms with van der Waals surface area (Å²) in [4.78, 5) is 14.9. The molecule has 5 nitrogen and oxygen atoms in total. The average molecular weight is 256 g/mol. The summed E-state index contributed by atoms with van der Waals surface area (Å²) in [5.41, 5.74) is 0. The first-order chi connectivity index (χ1) is 8.58. The zero-order valence-corrected chi connectivity index (χ0v) is 11.2. The first-order valence-corrected chi connectivity index (χ1v) is 6.92. The van der Waals surface area contributed by atoms with E-state index in [1.807, 2.05) is 0 Å². The van der Waals surface area contributed by atoms with Crippen LogP contribution in [0.25, 0.3) is 0 Å². The molecule has 0 bridgehead atoms. The van der Waals surface area contributed by atoms with E-state index in [4.69, 9.17) is 5.11 Å². The van der Waals surface area contributed by atoms with Crippen LogP contribution in [0.3, 0.4) is 0 Å². The molecule has 1 aliphatic heterocycles. The van der Waals surface area contributed by atoms with E-state index in [-0.39, 0.29) is 13.1 Å². The van der Waals surface area contributed by atoms with Crippen molar-refractivity contribution in [3.8, 4) is 0 Å². The zero-order chi connectivity index (χ0) is 13.4. The highest BCUT2D eigenvalue weighted by molar-refractivity contribution is 5.80. The lowest BCUT2D eigenvalue weighted by molar-refractivity contribution is -0.775. The fraction of sp³-hybridized carbons (Fsp3) is 0.846. The van der Waals surface area contributed by atoms with E-state index in [1.165, 1.54) is 25.7 Å². The van der Waals surface area contributed by atoms with E-state index in [9.17, 15) is 10.0 Å². The predicted octanol–water partition coefficient (Wildman–Crippen LogP) is 2.55. The highest BCUT2D eigenvalue weighted by atomic mass is 16.6. The van der Waals surface area contributed by atoms with Crippen molar-refractivity contribution in [2.75, 3.05) is 19.6 Å². The summed E-state index contributed by atoms with van der Waals surface area (Å²) >= 11 is 0. The van der Waals surface area contributed by atoms with Gasteiger partial charge in [-0.15, -0.1) is 0 Å². The minimum atomic E-state index is -1.04. The van der Waals surface area contributed by atoms with Crippen molar-refractivity contribution in [3.63, 3.8) is 0 Å². The van der Waals surface area contributed by atoms with Gasteiger partial charge in [-0.2, -0.15) is 0 Å². The number of aliphatic carboxylic acids is 1. The maximum atomic E-state index is 12.2. The van der Waals surface area contributed by atoms with Crippen LogP contribution in [0.4, 0.5) is 0 Å². The van der Waals surface area contributed by atoms with Crippen molar-refractivity contribution in [1.29, 1.82) is 0 Å². The molecular formula is C13H24N2O3. The second-order valence-electron chi connectivity index (χ2n) is 4.98. The largest absolute Gasteiger partial charge is 0.626 e.